The van der Waals surface area contributed by atoms with E-state index in [-0.39, 0.29) is 5.60 Å². The number of nitrogens with zero attached hydrogens (tertiary/aromatic N) is 1. The second-order valence-electron chi connectivity index (χ2n) is 6.00. The lowest BCUT2D eigenvalue weighted by Crippen LogP contribution is -2.59. The van der Waals surface area contributed by atoms with Crippen LogP contribution in [0.15, 0.2) is 0 Å². The van der Waals surface area contributed by atoms with Crippen molar-refractivity contribution in [1.82, 2.24) is 10.2 Å². The van der Waals surface area contributed by atoms with Crippen molar-refractivity contribution in [3.05, 3.63) is 0 Å². The van der Waals surface area contributed by atoms with Crippen molar-refractivity contribution in [3.63, 3.8) is 0 Å². The summed E-state index contributed by atoms with van der Waals surface area (Å²) in [7, 11) is 1.80. The molecule has 1 rings (SSSR count). The summed E-state index contributed by atoms with van der Waals surface area (Å²) in [4.78, 5) is 2.55. The van der Waals surface area contributed by atoms with Crippen molar-refractivity contribution in [1.29, 1.82) is 0 Å². The summed E-state index contributed by atoms with van der Waals surface area (Å²) in [5.41, 5.74) is -0.0485. The fourth-order valence-electron chi connectivity index (χ4n) is 2.17. The number of hydrogen-bond donors (Lipinski definition) is 1. The number of rotatable bonds is 4. The molecule has 2 atom stereocenters. The molecule has 3 heteroatoms. The Hall–Kier alpha value is -0.120. The van der Waals surface area contributed by atoms with E-state index < -0.39 is 0 Å². The topological polar surface area (TPSA) is 24.5 Å². The zero-order chi connectivity index (χ0) is 12.3. The smallest absolute Gasteiger partial charge is 0.0749 e. The molecule has 0 aromatic rings. The molecular weight excluding hydrogens is 200 g/mol. The fourth-order valence-corrected chi connectivity index (χ4v) is 2.17. The molecule has 0 saturated carbocycles. The summed E-state index contributed by atoms with van der Waals surface area (Å²) < 4.78 is 5.52. The zero-order valence-electron chi connectivity index (χ0n) is 11.7. The van der Waals surface area contributed by atoms with Gasteiger partial charge in [-0.05, 0) is 26.7 Å². The average Bonchev–Trinajstić information content (AvgIpc) is 2.21. The predicted molar refractivity (Wildman–Crippen MR) is 68.8 cm³/mol. The predicted octanol–water partition coefficient (Wildman–Crippen LogP) is 1.73. The summed E-state index contributed by atoms with van der Waals surface area (Å²) in [6.45, 7) is 14.4. The van der Waals surface area contributed by atoms with Crippen LogP contribution >= 0.6 is 0 Å². The molecule has 0 bridgehead atoms. The molecule has 0 radical (unpaired) electrons. The molecule has 0 aromatic heterocycles. The second kappa shape index (κ2) is 5.48. The summed E-state index contributed by atoms with van der Waals surface area (Å²) in [6, 6.07) is 1.22. The quantitative estimate of drug-likeness (QED) is 0.793. The highest BCUT2D eigenvalue weighted by molar-refractivity contribution is 4.88. The molecule has 0 aliphatic carbocycles. The van der Waals surface area contributed by atoms with E-state index in [1.54, 1.807) is 7.11 Å². The van der Waals surface area contributed by atoms with E-state index in [0.29, 0.717) is 18.0 Å². The average molecular weight is 228 g/mol. The Labute approximate surface area is 101 Å². The van der Waals surface area contributed by atoms with Gasteiger partial charge >= 0.3 is 0 Å². The molecule has 1 aliphatic rings. The van der Waals surface area contributed by atoms with Crippen LogP contribution in [0.3, 0.4) is 0 Å². The van der Waals surface area contributed by atoms with Crippen LogP contribution in [0.25, 0.3) is 0 Å². The molecule has 0 spiro atoms. The summed E-state index contributed by atoms with van der Waals surface area (Å²) >= 11 is 0. The Morgan fingerprint density at radius 1 is 1.44 bits per heavy atom. The standard InChI is InChI=1S/C13H28N2O/c1-10(2)12-8-15(11(3)7-14-12)9-13(4,5)16-6/h10-12,14H,7-9H2,1-6H3. The van der Waals surface area contributed by atoms with Gasteiger partial charge in [-0.25, -0.2) is 0 Å². The van der Waals surface area contributed by atoms with Crippen molar-refractivity contribution in [2.24, 2.45) is 5.92 Å². The first-order valence-corrected chi connectivity index (χ1v) is 6.38. The minimum absolute atomic E-state index is 0.0485. The highest BCUT2D eigenvalue weighted by Crippen LogP contribution is 2.17. The van der Waals surface area contributed by atoms with E-state index in [4.69, 9.17) is 4.74 Å². The molecule has 96 valence electrons. The monoisotopic (exact) mass is 228 g/mol. The normalized spacial score (nSPS) is 28.7. The van der Waals surface area contributed by atoms with Gasteiger partial charge in [0.15, 0.2) is 0 Å². The molecule has 0 aromatic carbocycles. The third-order valence-corrected chi connectivity index (χ3v) is 3.67. The Kier molecular flexibility index (Phi) is 4.77. The van der Waals surface area contributed by atoms with Crippen LogP contribution in [-0.2, 0) is 4.74 Å². The highest BCUT2D eigenvalue weighted by atomic mass is 16.5. The minimum Gasteiger partial charge on any atom is -0.377 e. The van der Waals surface area contributed by atoms with Crippen LogP contribution < -0.4 is 5.32 Å². The van der Waals surface area contributed by atoms with Crippen molar-refractivity contribution in [2.75, 3.05) is 26.7 Å². The van der Waals surface area contributed by atoms with Crippen LogP contribution in [0.5, 0.6) is 0 Å². The van der Waals surface area contributed by atoms with Gasteiger partial charge in [-0.3, -0.25) is 4.90 Å². The van der Waals surface area contributed by atoms with E-state index in [1.807, 2.05) is 0 Å². The molecule has 1 heterocycles. The number of ether oxygens (including phenoxy) is 1. The van der Waals surface area contributed by atoms with E-state index in [9.17, 15) is 0 Å². The lowest BCUT2D eigenvalue weighted by Gasteiger charge is -2.43. The van der Waals surface area contributed by atoms with Crippen LogP contribution in [-0.4, -0.2) is 49.3 Å². The van der Waals surface area contributed by atoms with Gasteiger partial charge in [0.25, 0.3) is 0 Å². The third kappa shape index (κ3) is 3.72. The lowest BCUT2D eigenvalue weighted by atomic mass is 9.98. The van der Waals surface area contributed by atoms with Crippen LogP contribution in [0.4, 0.5) is 0 Å². The van der Waals surface area contributed by atoms with E-state index >= 15 is 0 Å². The first kappa shape index (κ1) is 13.9. The maximum absolute atomic E-state index is 5.52. The summed E-state index contributed by atoms with van der Waals surface area (Å²) in [5.74, 6) is 0.695. The first-order valence-electron chi connectivity index (χ1n) is 6.38. The zero-order valence-corrected chi connectivity index (χ0v) is 11.7. The Balaban J connectivity index is 2.56. The van der Waals surface area contributed by atoms with Crippen molar-refractivity contribution >= 4 is 0 Å². The maximum atomic E-state index is 5.52. The number of nitrogens with one attached hydrogen (secondary N) is 1. The number of piperazine rings is 1. The largest absolute Gasteiger partial charge is 0.377 e. The van der Waals surface area contributed by atoms with Crippen LogP contribution in [0, 0.1) is 5.92 Å². The molecule has 2 unspecified atom stereocenters. The van der Waals surface area contributed by atoms with Crippen LogP contribution in [0.2, 0.25) is 0 Å². The van der Waals surface area contributed by atoms with E-state index in [2.05, 4.69) is 44.8 Å². The lowest BCUT2D eigenvalue weighted by molar-refractivity contribution is -0.0267. The van der Waals surface area contributed by atoms with Crippen molar-refractivity contribution in [2.45, 2.75) is 52.3 Å². The summed E-state index contributed by atoms with van der Waals surface area (Å²) in [5, 5.41) is 3.62. The molecule has 16 heavy (non-hydrogen) atoms. The minimum atomic E-state index is -0.0485. The van der Waals surface area contributed by atoms with Gasteiger partial charge in [-0.15, -0.1) is 0 Å². The second-order valence-corrected chi connectivity index (χ2v) is 6.00. The van der Waals surface area contributed by atoms with Gasteiger partial charge in [0.05, 0.1) is 5.60 Å². The molecule has 3 nitrogen and oxygen atoms in total. The SMILES string of the molecule is COC(C)(C)CN1CC(C(C)C)NCC1C. The van der Waals surface area contributed by atoms with Gasteiger partial charge in [0.2, 0.25) is 0 Å². The van der Waals surface area contributed by atoms with Gasteiger partial charge in [0, 0.05) is 38.8 Å². The molecular formula is C13H28N2O. The number of methoxy groups -OCH3 is 1. The Morgan fingerprint density at radius 3 is 2.56 bits per heavy atom. The molecule has 1 fully saturated rings. The van der Waals surface area contributed by atoms with Gasteiger partial charge in [-0.2, -0.15) is 0 Å². The van der Waals surface area contributed by atoms with Gasteiger partial charge in [-0.1, -0.05) is 13.8 Å². The maximum Gasteiger partial charge on any atom is 0.0749 e. The summed E-state index contributed by atoms with van der Waals surface area (Å²) in [6.07, 6.45) is 0. The highest BCUT2D eigenvalue weighted by Gasteiger charge is 2.30. The van der Waals surface area contributed by atoms with Gasteiger partial charge in [0.1, 0.15) is 0 Å². The van der Waals surface area contributed by atoms with E-state index in [0.717, 1.165) is 19.6 Å². The van der Waals surface area contributed by atoms with Crippen LogP contribution in [0.1, 0.15) is 34.6 Å². The number of hydrogen-bond acceptors (Lipinski definition) is 3. The Morgan fingerprint density at radius 2 is 2.06 bits per heavy atom. The molecule has 1 N–H and O–H groups in total. The molecule has 1 aliphatic heterocycles. The van der Waals surface area contributed by atoms with Crippen molar-refractivity contribution < 1.29 is 4.74 Å². The van der Waals surface area contributed by atoms with Gasteiger partial charge < -0.3 is 10.1 Å². The van der Waals surface area contributed by atoms with Crippen molar-refractivity contribution in [3.8, 4) is 0 Å². The van der Waals surface area contributed by atoms with E-state index in [1.165, 1.54) is 0 Å². The first-order chi connectivity index (χ1) is 7.35. The third-order valence-electron chi connectivity index (χ3n) is 3.67. The Bertz CT molecular complexity index is 216. The fraction of sp³-hybridized carbons (Fsp3) is 1.00. The molecule has 1 saturated heterocycles. The molecule has 0 amide bonds.